The summed E-state index contributed by atoms with van der Waals surface area (Å²) in [6, 6.07) is 9.11. The van der Waals surface area contributed by atoms with E-state index < -0.39 is 28.1 Å². The van der Waals surface area contributed by atoms with Crippen LogP contribution in [0.25, 0.3) is 6.08 Å². The summed E-state index contributed by atoms with van der Waals surface area (Å²) in [5, 5.41) is 19.4. The molecule has 0 saturated heterocycles. The van der Waals surface area contributed by atoms with Crippen molar-refractivity contribution in [2.45, 2.75) is 0 Å². The van der Waals surface area contributed by atoms with Crippen molar-refractivity contribution in [1.29, 1.82) is 5.26 Å². The van der Waals surface area contributed by atoms with Crippen LogP contribution in [-0.2, 0) is 4.79 Å². The van der Waals surface area contributed by atoms with E-state index in [1.807, 2.05) is 6.07 Å². The molecule has 0 amide bonds. The summed E-state index contributed by atoms with van der Waals surface area (Å²) in [5.41, 5.74) is 0.0145. The van der Waals surface area contributed by atoms with Gasteiger partial charge in [0.1, 0.15) is 11.9 Å². The molecule has 0 saturated carbocycles. The summed E-state index contributed by atoms with van der Waals surface area (Å²) >= 11 is 0. The quantitative estimate of drug-likeness (QED) is 0.241. The molecule has 0 heterocycles. The van der Waals surface area contributed by atoms with Gasteiger partial charge in [-0.15, -0.1) is 0 Å². The van der Waals surface area contributed by atoms with Crippen molar-refractivity contribution in [2.24, 2.45) is 0 Å². The SMILES string of the molecule is COc1cc(/C=C/C(=O)Oc2cc(F)ccc2[N+](=O)[O-])ccc1OCC#N. The van der Waals surface area contributed by atoms with Crippen LogP contribution in [0.15, 0.2) is 42.5 Å². The van der Waals surface area contributed by atoms with E-state index in [1.165, 1.54) is 13.2 Å². The minimum absolute atomic E-state index is 0.149. The number of methoxy groups -OCH3 is 1. The highest BCUT2D eigenvalue weighted by Crippen LogP contribution is 2.29. The summed E-state index contributed by atoms with van der Waals surface area (Å²) in [6.45, 7) is -0.149. The Morgan fingerprint density at radius 3 is 2.70 bits per heavy atom. The van der Waals surface area contributed by atoms with E-state index in [4.69, 9.17) is 19.5 Å². The number of nitrogens with zero attached hydrogens (tertiary/aromatic N) is 2. The second-order valence-corrected chi connectivity index (χ2v) is 4.98. The number of nitro benzene ring substituents is 1. The van der Waals surface area contributed by atoms with Gasteiger partial charge in [-0.05, 0) is 29.8 Å². The van der Waals surface area contributed by atoms with Crippen LogP contribution in [0.5, 0.6) is 17.2 Å². The van der Waals surface area contributed by atoms with Gasteiger partial charge in [0.15, 0.2) is 18.1 Å². The fourth-order valence-corrected chi connectivity index (χ4v) is 2.04. The predicted octanol–water partition coefficient (Wildman–Crippen LogP) is 3.26. The van der Waals surface area contributed by atoms with Crippen molar-refractivity contribution in [1.82, 2.24) is 0 Å². The first-order chi connectivity index (χ1) is 12.9. The minimum atomic E-state index is -0.924. The van der Waals surface area contributed by atoms with E-state index in [2.05, 4.69) is 0 Å². The van der Waals surface area contributed by atoms with Gasteiger partial charge < -0.3 is 14.2 Å². The molecule has 2 aromatic carbocycles. The van der Waals surface area contributed by atoms with Crippen LogP contribution in [0.2, 0.25) is 0 Å². The van der Waals surface area contributed by atoms with E-state index in [-0.39, 0.29) is 6.61 Å². The molecule has 0 aliphatic rings. The van der Waals surface area contributed by atoms with Crippen molar-refractivity contribution in [2.75, 3.05) is 13.7 Å². The monoisotopic (exact) mass is 372 g/mol. The number of halogens is 1. The Balaban J connectivity index is 2.14. The van der Waals surface area contributed by atoms with Crippen LogP contribution in [0.3, 0.4) is 0 Å². The number of hydrogen-bond acceptors (Lipinski definition) is 7. The second kappa shape index (κ2) is 8.96. The Labute approximate surface area is 153 Å². The zero-order valence-electron chi connectivity index (χ0n) is 14.0. The lowest BCUT2D eigenvalue weighted by atomic mass is 10.2. The smallest absolute Gasteiger partial charge is 0.336 e. The van der Waals surface area contributed by atoms with Crippen molar-refractivity contribution in [3.63, 3.8) is 0 Å². The van der Waals surface area contributed by atoms with Gasteiger partial charge in [-0.2, -0.15) is 5.26 Å². The topological polar surface area (TPSA) is 112 Å². The molecule has 0 aliphatic carbocycles. The average molecular weight is 372 g/mol. The zero-order valence-corrected chi connectivity index (χ0v) is 14.0. The summed E-state index contributed by atoms with van der Waals surface area (Å²) in [4.78, 5) is 22.0. The molecule has 0 bridgehead atoms. The third-order valence-electron chi connectivity index (χ3n) is 3.22. The van der Waals surface area contributed by atoms with E-state index in [9.17, 15) is 19.3 Å². The maximum atomic E-state index is 13.2. The Kier molecular flexibility index (Phi) is 6.44. The lowest BCUT2D eigenvalue weighted by Crippen LogP contribution is -2.06. The number of carbonyl (C=O) groups excluding carboxylic acids is 1. The van der Waals surface area contributed by atoms with Gasteiger partial charge in [0.2, 0.25) is 5.75 Å². The van der Waals surface area contributed by atoms with Gasteiger partial charge in [0, 0.05) is 18.2 Å². The molecular weight excluding hydrogens is 359 g/mol. The van der Waals surface area contributed by atoms with Crippen LogP contribution in [0.4, 0.5) is 10.1 Å². The largest absolute Gasteiger partial charge is 0.493 e. The Morgan fingerprint density at radius 2 is 2.04 bits per heavy atom. The number of benzene rings is 2. The molecule has 0 aromatic heterocycles. The number of hydrogen-bond donors (Lipinski definition) is 0. The van der Waals surface area contributed by atoms with Crippen LogP contribution in [0, 0.1) is 27.3 Å². The van der Waals surface area contributed by atoms with Crippen molar-refractivity contribution in [3.8, 4) is 23.3 Å². The van der Waals surface area contributed by atoms with E-state index in [1.54, 1.807) is 18.2 Å². The van der Waals surface area contributed by atoms with Gasteiger partial charge in [-0.3, -0.25) is 10.1 Å². The molecule has 0 unspecified atom stereocenters. The summed E-state index contributed by atoms with van der Waals surface area (Å²) in [6.07, 6.45) is 2.41. The first-order valence-corrected chi connectivity index (χ1v) is 7.46. The highest BCUT2D eigenvalue weighted by molar-refractivity contribution is 5.89. The second-order valence-electron chi connectivity index (χ2n) is 4.98. The molecule has 0 aliphatic heterocycles. The molecule has 0 spiro atoms. The lowest BCUT2D eigenvalue weighted by molar-refractivity contribution is -0.385. The Hall–Kier alpha value is -3.93. The number of nitro groups is 1. The Morgan fingerprint density at radius 1 is 1.26 bits per heavy atom. The Bertz CT molecular complexity index is 936. The molecule has 0 radical (unpaired) electrons. The van der Waals surface area contributed by atoms with Crippen LogP contribution in [0.1, 0.15) is 5.56 Å². The zero-order chi connectivity index (χ0) is 19.8. The van der Waals surface area contributed by atoms with Gasteiger partial charge in [-0.25, -0.2) is 9.18 Å². The summed E-state index contributed by atoms with van der Waals surface area (Å²) < 4.78 is 28.4. The van der Waals surface area contributed by atoms with Gasteiger partial charge in [0.25, 0.3) is 0 Å². The maximum absolute atomic E-state index is 13.2. The normalized spacial score (nSPS) is 10.3. The number of ether oxygens (including phenoxy) is 3. The van der Waals surface area contributed by atoms with Crippen molar-refractivity contribution >= 4 is 17.7 Å². The number of carbonyl (C=O) groups is 1. The van der Waals surface area contributed by atoms with Gasteiger partial charge in [0.05, 0.1) is 12.0 Å². The fourth-order valence-electron chi connectivity index (χ4n) is 2.04. The maximum Gasteiger partial charge on any atom is 0.336 e. The highest BCUT2D eigenvalue weighted by atomic mass is 19.1. The molecule has 0 atom stereocenters. The molecular formula is C18H13FN2O6. The first kappa shape index (κ1) is 19.4. The van der Waals surface area contributed by atoms with Crippen LogP contribution < -0.4 is 14.2 Å². The molecule has 0 fully saturated rings. The predicted molar refractivity (Wildman–Crippen MR) is 91.8 cm³/mol. The molecule has 2 rings (SSSR count). The number of rotatable bonds is 7. The van der Waals surface area contributed by atoms with E-state index in [0.29, 0.717) is 17.1 Å². The molecule has 9 heteroatoms. The minimum Gasteiger partial charge on any atom is -0.493 e. The molecule has 27 heavy (non-hydrogen) atoms. The van der Waals surface area contributed by atoms with Crippen molar-refractivity contribution < 1.29 is 28.3 Å². The number of nitriles is 1. The third kappa shape index (κ3) is 5.27. The summed E-state index contributed by atoms with van der Waals surface area (Å²) in [5.74, 6) is -1.49. The molecule has 8 nitrogen and oxygen atoms in total. The standard InChI is InChI=1S/C18H13FN2O6/c1-25-17-10-12(2-6-15(17)26-9-8-20)3-7-18(22)27-16-11-13(19)4-5-14(16)21(23)24/h2-7,10-11H,9H2,1H3/b7-3+. The van der Waals surface area contributed by atoms with E-state index >= 15 is 0 Å². The van der Waals surface area contributed by atoms with Gasteiger partial charge >= 0.3 is 11.7 Å². The summed E-state index contributed by atoms with van der Waals surface area (Å²) in [7, 11) is 1.42. The fraction of sp³-hybridized carbons (Fsp3) is 0.111. The molecule has 2 aromatic rings. The van der Waals surface area contributed by atoms with E-state index in [0.717, 1.165) is 24.3 Å². The third-order valence-corrected chi connectivity index (χ3v) is 3.22. The van der Waals surface area contributed by atoms with Crippen molar-refractivity contribution in [3.05, 3.63) is 64.0 Å². The van der Waals surface area contributed by atoms with Crippen LogP contribution in [-0.4, -0.2) is 24.6 Å². The van der Waals surface area contributed by atoms with Crippen LogP contribution >= 0.6 is 0 Å². The molecule has 0 N–H and O–H groups in total. The molecule has 138 valence electrons. The number of esters is 1. The first-order valence-electron chi connectivity index (χ1n) is 7.46. The highest BCUT2D eigenvalue weighted by Gasteiger charge is 2.18. The average Bonchev–Trinajstić information content (AvgIpc) is 2.64. The van der Waals surface area contributed by atoms with Gasteiger partial charge in [-0.1, -0.05) is 6.07 Å². The lowest BCUT2D eigenvalue weighted by Gasteiger charge is -2.08.